The number of hydrogen-bond donors (Lipinski definition) is 0. The SMILES string of the molecule is COCC(=O)OCC1CCC2(C)OC2C1. The predicted molar refractivity (Wildman–Crippen MR) is 53.5 cm³/mol. The number of fused-ring (bicyclic) bond motifs is 1. The van der Waals surface area contributed by atoms with Gasteiger partial charge in [0.1, 0.15) is 6.61 Å². The second kappa shape index (κ2) is 4.10. The van der Waals surface area contributed by atoms with Crippen molar-refractivity contribution in [2.45, 2.75) is 37.9 Å². The molecule has 15 heavy (non-hydrogen) atoms. The van der Waals surface area contributed by atoms with Crippen LogP contribution in [-0.4, -0.2) is 38.0 Å². The predicted octanol–water partition coefficient (Wildman–Crippen LogP) is 1.13. The van der Waals surface area contributed by atoms with Crippen molar-refractivity contribution in [3.63, 3.8) is 0 Å². The average Bonchev–Trinajstić information content (AvgIpc) is 2.86. The number of ether oxygens (including phenoxy) is 3. The Kier molecular flexibility index (Phi) is 2.98. The first-order valence-corrected chi connectivity index (χ1v) is 5.46. The Bertz CT molecular complexity index is 253. The molecule has 1 saturated heterocycles. The molecule has 0 aromatic carbocycles. The Hall–Kier alpha value is -0.610. The Morgan fingerprint density at radius 2 is 2.40 bits per heavy atom. The fourth-order valence-electron chi connectivity index (χ4n) is 2.24. The van der Waals surface area contributed by atoms with E-state index in [2.05, 4.69) is 11.7 Å². The van der Waals surface area contributed by atoms with Gasteiger partial charge >= 0.3 is 5.97 Å². The van der Waals surface area contributed by atoms with Crippen LogP contribution in [0.1, 0.15) is 26.2 Å². The van der Waals surface area contributed by atoms with Crippen LogP contribution in [0.25, 0.3) is 0 Å². The van der Waals surface area contributed by atoms with Crippen molar-refractivity contribution in [3.05, 3.63) is 0 Å². The molecule has 0 N–H and O–H groups in total. The molecule has 0 bridgehead atoms. The van der Waals surface area contributed by atoms with Gasteiger partial charge in [-0.1, -0.05) is 0 Å². The van der Waals surface area contributed by atoms with Crippen molar-refractivity contribution in [2.75, 3.05) is 20.3 Å². The van der Waals surface area contributed by atoms with Crippen LogP contribution in [0.4, 0.5) is 0 Å². The molecule has 1 saturated carbocycles. The Balaban J connectivity index is 1.66. The van der Waals surface area contributed by atoms with Crippen LogP contribution in [0.5, 0.6) is 0 Å². The highest BCUT2D eigenvalue weighted by Crippen LogP contribution is 2.49. The zero-order valence-corrected chi connectivity index (χ0v) is 9.32. The van der Waals surface area contributed by atoms with E-state index >= 15 is 0 Å². The maximum Gasteiger partial charge on any atom is 0.332 e. The van der Waals surface area contributed by atoms with Crippen LogP contribution in [0.2, 0.25) is 0 Å². The summed E-state index contributed by atoms with van der Waals surface area (Å²) in [5.41, 5.74) is 0.146. The molecule has 1 aliphatic heterocycles. The summed E-state index contributed by atoms with van der Waals surface area (Å²) in [7, 11) is 1.49. The minimum Gasteiger partial charge on any atom is -0.464 e. The summed E-state index contributed by atoms with van der Waals surface area (Å²) in [6, 6.07) is 0. The van der Waals surface area contributed by atoms with Crippen molar-refractivity contribution in [1.82, 2.24) is 0 Å². The average molecular weight is 214 g/mol. The smallest absolute Gasteiger partial charge is 0.332 e. The van der Waals surface area contributed by atoms with Gasteiger partial charge in [-0.3, -0.25) is 0 Å². The first kappa shape index (κ1) is 10.9. The molecule has 1 heterocycles. The second-order valence-corrected chi connectivity index (χ2v) is 4.68. The first-order chi connectivity index (χ1) is 7.14. The van der Waals surface area contributed by atoms with Crippen LogP contribution in [0, 0.1) is 5.92 Å². The third-order valence-electron chi connectivity index (χ3n) is 3.37. The van der Waals surface area contributed by atoms with E-state index in [0.717, 1.165) is 19.3 Å². The van der Waals surface area contributed by atoms with Gasteiger partial charge in [-0.25, -0.2) is 4.79 Å². The van der Waals surface area contributed by atoms with Gasteiger partial charge in [0.2, 0.25) is 0 Å². The van der Waals surface area contributed by atoms with E-state index in [1.807, 2.05) is 0 Å². The lowest BCUT2D eigenvalue weighted by Crippen LogP contribution is -2.25. The van der Waals surface area contributed by atoms with Crippen molar-refractivity contribution >= 4 is 5.97 Å². The van der Waals surface area contributed by atoms with Gasteiger partial charge in [-0.15, -0.1) is 0 Å². The van der Waals surface area contributed by atoms with Crippen LogP contribution < -0.4 is 0 Å². The number of carbonyl (C=O) groups is 1. The molecule has 0 radical (unpaired) electrons. The summed E-state index contributed by atoms with van der Waals surface area (Å²) in [5, 5.41) is 0. The first-order valence-electron chi connectivity index (χ1n) is 5.46. The molecule has 2 fully saturated rings. The number of hydrogen-bond acceptors (Lipinski definition) is 4. The van der Waals surface area contributed by atoms with Crippen LogP contribution >= 0.6 is 0 Å². The van der Waals surface area contributed by atoms with E-state index < -0.39 is 0 Å². The number of methoxy groups -OCH3 is 1. The molecular formula is C11H18O4. The van der Waals surface area contributed by atoms with Crippen LogP contribution in [0.3, 0.4) is 0 Å². The van der Waals surface area contributed by atoms with Crippen molar-refractivity contribution in [2.24, 2.45) is 5.92 Å². The van der Waals surface area contributed by atoms with E-state index in [-0.39, 0.29) is 18.2 Å². The zero-order valence-electron chi connectivity index (χ0n) is 9.32. The lowest BCUT2D eigenvalue weighted by atomic mass is 9.83. The van der Waals surface area contributed by atoms with Gasteiger partial charge < -0.3 is 14.2 Å². The quantitative estimate of drug-likeness (QED) is 0.520. The summed E-state index contributed by atoms with van der Waals surface area (Å²) in [6.45, 7) is 2.72. The topological polar surface area (TPSA) is 48.1 Å². The second-order valence-electron chi connectivity index (χ2n) is 4.68. The Labute approximate surface area is 89.9 Å². The fraction of sp³-hybridized carbons (Fsp3) is 0.909. The van der Waals surface area contributed by atoms with E-state index in [1.165, 1.54) is 7.11 Å². The maximum absolute atomic E-state index is 11.1. The standard InChI is InChI=1S/C11H18O4/c1-11-4-3-8(5-9(11)15-11)6-14-10(12)7-13-2/h8-9H,3-7H2,1-2H3. The largest absolute Gasteiger partial charge is 0.464 e. The molecule has 4 nitrogen and oxygen atoms in total. The van der Waals surface area contributed by atoms with Crippen LogP contribution in [-0.2, 0) is 19.0 Å². The Morgan fingerprint density at radius 3 is 3.07 bits per heavy atom. The molecule has 0 aromatic heterocycles. The number of esters is 1. The Morgan fingerprint density at radius 1 is 1.60 bits per heavy atom. The summed E-state index contributed by atoms with van der Waals surface area (Å²) >= 11 is 0. The summed E-state index contributed by atoms with van der Waals surface area (Å²) in [5.74, 6) is 0.189. The lowest BCUT2D eigenvalue weighted by molar-refractivity contribution is -0.149. The van der Waals surface area contributed by atoms with Crippen molar-refractivity contribution in [3.8, 4) is 0 Å². The molecule has 0 aromatic rings. The number of carbonyl (C=O) groups excluding carboxylic acids is 1. The van der Waals surface area contributed by atoms with Crippen molar-refractivity contribution in [1.29, 1.82) is 0 Å². The molecular weight excluding hydrogens is 196 g/mol. The molecule has 4 heteroatoms. The highest BCUT2D eigenvalue weighted by Gasteiger charge is 2.55. The zero-order chi connectivity index (χ0) is 10.9. The monoisotopic (exact) mass is 214 g/mol. The number of rotatable bonds is 4. The van der Waals surface area contributed by atoms with Crippen molar-refractivity contribution < 1.29 is 19.0 Å². The minimum atomic E-state index is -0.275. The molecule has 2 rings (SSSR count). The third-order valence-corrected chi connectivity index (χ3v) is 3.37. The summed E-state index contributed by atoms with van der Waals surface area (Å²) < 4.78 is 15.4. The van der Waals surface area contributed by atoms with E-state index in [4.69, 9.17) is 9.47 Å². The highest BCUT2D eigenvalue weighted by atomic mass is 16.6. The van der Waals surface area contributed by atoms with E-state index in [1.54, 1.807) is 0 Å². The van der Waals surface area contributed by atoms with Crippen LogP contribution in [0.15, 0.2) is 0 Å². The molecule has 3 unspecified atom stereocenters. The molecule has 0 spiro atoms. The molecule has 3 atom stereocenters. The summed E-state index contributed by atoms with van der Waals surface area (Å²) in [6.07, 6.45) is 3.60. The maximum atomic E-state index is 11.1. The van der Waals surface area contributed by atoms with Gasteiger partial charge in [0.15, 0.2) is 0 Å². The summed E-state index contributed by atoms with van der Waals surface area (Å²) in [4.78, 5) is 11.1. The third kappa shape index (κ3) is 2.49. The highest BCUT2D eigenvalue weighted by molar-refractivity contribution is 5.70. The molecule has 1 aliphatic carbocycles. The molecule has 0 amide bonds. The van der Waals surface area contributed by atoms with E-state index in [9.17, 15) is 4.79 Å². The van der Waals surface area contributed by atoms with Gasteiger partial charge in [0.05, 0.1) is 18.3 Å². The fourth-order valence-corrected chi connectivity index (χ4v) is 2.24. The van der Waals surface area contributed by atoms with Gasteiger partial charge in [0.25, 0.3) is 0 Å². The van der Waals surface area contributed by atoms with Gasteiger partial charge in [-0.05, 0) is 32.1 Å². The minimum absolute atomic E-state index is 0.0460. The lowest BCUT2D eigenvalue weighted by Gasteiger charge is -2.21. The normalized spacial score (nSPS) is 38.3. The molecule has 86 valence electrons. The molecule has 2 aliphatic rings. The number of epoxide rings is 1. The van der Waals surface area contributed by atoms with E-state index in [0.29, 0.717) is 18.6 Å². The van der Waals surface area contributed by atoms with Gasteiger partial charge in [-0.2, -0.15) is 0 Å². The van der Waals surface area contributed by atoms with Gasteiger partial charge in [0, 0.05) is 7.11 Å².